The first-order valence-electron chi connectivity index (χ1n) is 11.9. The molecule has 2 aromatic carbocycles. The van der Waals surface area contributed by atoms with Crippen molar-refractivity contribution in [2.75, 3.05) is 11.4 Å². The molecule has 4 aromatic rings. The average Bonchev–Trinajstić information content (AvgIpc) is 3.42. The molecule has 0 atom stereocenters. The number of carbonyl (C=O) groups is 1. The van der Waals surface area contributed by atoms with Gasteiger partial charge in [-0.15, -0.1) is 0 Å². The van der Waals surface area contributed by atoms with Crippen molar-refractivity contribution in [3.63, 3.8) is 0 Å². The summed E-state index contributed by atoms with van der Waals surface area (Å²) in [7, 11) is 0. The maximum absolute atomic E-state index is 13.0. The first-order chi connectivity index (χ1) is 18.0. The highest BCUT2D eigenvalue weighted by atomic mass is 32.1. The van der Waals surface area contributed by atoms with Crippen molar-refractivity contribution < 1.29 is 27.8 Å². The number of aliphatic carboxylic acids is 1. The summed E-state index contributed by atoms with van der Waals surface area (Å²) >= 11 is 1.60. The zero-order chi connectivity index (χ0) is 27.3. The zero-order valence-electron chi connectivity index (χ0n) is 20.9. The lowest BCUT2D eigenvalue weighted by Gasteiger charge is -2.25. The fourth-order valence-electron chi connectivity index (χ4n) is 3.79. The number of ether oxygens (including phenoxy) is 1. The first kappa shape index (κ1) is 27.2. The largest absolute Gasteiger partial charge is 0.478 e. The summed E-state index contributed by atoms with van der Waals surface area (Å²) in [6, 6.07) is 18.3. The highest BCUT2D eigenvalue weighted by Crippen LogP contribution is 2.30. The van der Waals surface area contributed by atoms with Crippen LogP contribution < -0.4 is 9.64 Å². The van der Waals surface area contributed by atoms with Crippen molar-refractivity contribution in [1.29, 1.82) is 0 Å². The predicted molar refractivity (Wildman–Crippen MR) is 143 cm³/mol. The Morgan fingerprint density at radius 2 is 1.63 bits per heavy atom. The molecule has 0 saturated heterocycles. The molecule has 0 radical (unpaired) electrons. The van der Waals surface area contributed by atoms with Crippen LogP contribution >= 0.6 is 11.3 Å². The molecule has 0 bridgehead atoms. The van der Waals surface area contributed by atoms with Crippen molar-refractivity contribution >= 4 is 23.1 Å². The second-order valence-corrected chi connectivity index (χ2v) is 10.1. The van der Waals surface area contributed by atoms with E-state index in [0.717, 1.165) is 34.4 Å². The molecular weight excluding hydrogens is 513 g/mol. The van der Waals surface area contributed by atoms with Gasteiger partial charge in [0.05, 0.1) is 5.56 Å². The number of carboxylic acid groups (broad SMARTS) is 1. The van der Waals surface area contributed by atoms with E-state index in [1.54, 1.807) is 29.7 Å². The van der Waals surface area contributed by atoms with E-state index in [4.69, 9.17) is 4.74 Å². The van der Waals surface area contributed by atoms with Gasteiger partial charge in [-0.3, -0.25) is 0 Å². The summed E-state index contributed by atoms with van der Waals surface area (Å²) in [6.07, 6.45) is -1.95. The third kappa shape index (κ3) is 6.92. The van der Waals surface area contributed by atoms with Gasteiger partial charge in [0, 0.05) is 24.8 Å². The molecule has 198 valence electrons. The lowest BCUT2D eigenvalue weighted by atomic mass is 10.1. The van der Waals surface area contributed by atoms with Gasteiger partial charge in [0.1, 0.15) is 11.6 Å². The predicted octanol–water partition coefficient (Wildman–Crippen LogP) is 7.32. The SMILES string of the molecule is CC(C)(Oc1ccc(CCN(Cc2ccc(C(F)(F)F)cc2)c2ccc(-c3ccsc3)cn2)cc1)C(=O)O. The van der Waals surface area contributed by atoms with Gasteiger partial charge in [-0.05, 0) is 90.2 Å². The van der Waals surface area contributed by atoms with Crippen LogP contribution in [-0.4, -0.2) is 28.2 Å². The van der Waals surface area contributed by atoms with E-state index in [9.17, 15) is 23.1 Å². The van der Waals surface area contributed by atoms with Crippen LogP contribution in [0.1, 0.15) is 30.5 Å². The van der Waals surface area contributed by atoms with Crippen LogP contribution in [0.25, 0.3) is 11.1 Å². The number of benzene rings is 2. The molecule has 0 unspecified atom stereocenters. The number of pyridine rings is 1. The molecule has 0 saturated carbocycles. The van der Waals surface area contributed by atoms with E-state index in [1.165, 1.54) is 26.0 Å². The standard InChI is InChI=1S/C29H27F3N2O3S/c1-28(2,27(35)36)37-25-10-5-20(6-11-25)13-15-34(18-21-3-8-24(9-4-21)29(30,31)32)26-12-7-22(17-33-26)23-14-16-38-19-23/h3-12,14,16-17,19H,13,15,18H2,1-2H3,(H,35,36). The minimum absolute atomic E-state index is 0.386. The van der Waals surface area contributed by atoms with Gasteiger partial charge in [-0.1, -0.05) is 24.3 Å². The number of hydrogen-bond acceptors (Lipinski definition) is 5. The van der Waals surface area contributed by atoms with Gasteiger partial charge < -0.3 is 14.7 Å². The van der Waals surface area contributed by atoms with Crippen molar-refractivity contribution in [2.45, 2.75) is 38.6 Å². The summed E-state index contributed by atoms with van der Waals surface area (Å²) in [5.41, 5.74) is 1.78. The molecule has 38 heavy (non-hydrogen) atoms. The number of alkyl halides is 3. The number of rotatable bonds is 10. The van der Waals surface area contributed by atoms with Gasteiger partial charge in [0.15, 0.2) is 5.60 Å². The minimum Gasteiger partial charge on any atom is -0.478 e. The molecule has 0 fully saturated rings. The number of hydrogen-bond donors (Lipinski definition) is 1. The molecule has 0 amide bonds. The smallest absolute Gasteiger partial charge is 0.416 e. The van der Waals surface area contributed by atoms with Crippen LogP contribution in [0.15, 0.2) is 83.7 Å². The monoisotopic (exact) mass is 540 g/mol. The highest BCUT2D eigenvalue weighted by molar-refractivity contribution is 7.08. The Labute approximate surface area is 223 Å². The van der Waals surface area contributed by atoms with Crippen LogP contribution in [0.5, 0.6) is 5.75 Å². The molecule has 0 aliphatic rings. The molecule has 1 N–H and O–H groups in total. The lowest BCUT2D eigenvalue weighted by molar-refractivity contribution is -0.152. The number of thiophene rings is 1. The van der Waals surface area contributed by atoms with Crippen molar-refractivity contribution in [2.24, 2.45) is 0 Å². The fourth-order valence-corrected chi connectivity index (χ4v) is 4.46. The Hall–Kier alpha value is -3.85. The average molecular weight is 541 g/mol. The fraction of sp³-hybridized carbons (Fsp3) is 0.241. The number of nitrogens with zero attached hydrogens (tertiary/aromatic N) is 2. The topological polar surface area (TPSA) is 62.7 Å². The molecular formula is C29H27F3N2O3S. The van der Waals surface area contributed by atoms with Crippen LogP contribution in [0, 0.1) is 0 Å². The second-order valence-electron chi connectivity index (χ2n) is 9.34. The maximum atomic E-state index is 13.0. The van der Waals surface area contributed by atoms with Crippen LogP contribution in [0.2, 0.25) is 0 Å². The Morgan fingerprint density at radius 1 is 0.947 bits per heavy atom. The number of anilines is 1. The molecule has 4 rings (SSSR count). The van der Waals surface area contributed by atoms with Crippen LogP contribution in [-0.2, 0) is 23.9 Å². The van der Waals surface area contributed by atoms with E-state index >= 15 is 0 Å². The Morgan fingerprint density at radius 3 is 2.18 bits per heavy atom. The van der Waals surface area contributed by atoms with Crippen molar-refractivity contribution in [3.8, 4) is 16.9 Å². The van der Waals surface area contributed by atoms with Crippen molar-refractivity contribution in [1.82, 2.24) is 4.98 Å². The molecule has 9 heteroatoms. The van der Waals surface area contributed by atoms with E-state index in [1.807, 2.05) is 46.0 Å². The Balaban J connectivity index is 1.50. The van der Waals surface area contributed by atoms with Gasteiger partial charge in [-0.25, -0.2) is 9.78 Å². The Kier molecular flexibility index (Phi) is 8.06. The van der Waals surface area contributed by atoms with Gasteiger partial charge >= 0.3 is 12.1 Å². The Bertz CT molecular complexity index is 1340. The van der Waals surface area contributed by atoms with Gasteiger partial charge in [-0.2, -0.15) is 24.5 Å². The molecule has 0 aliphatic carbocycles. The van der Waals surface area contributed by atoms with Crippen LogP contribution in [0.4, 0.5) is 19.0 Å². The van der Waals surface area contributed by atoms with E-state index in [0.29, 0.717) is 31.1 Å². The summed E-state index contributed by atoms with van der Waals surface area (Å²) in [5, 5.41) is 13.3. The molecule has 5 nitrogen and oxygen atoms in total. The summed E-state index contributed by atoms with van der Waals surface area (Å²) in [4.78, 5) is 18.0. The van der Waals surface area contributed by atoms with Crippen molar-refractivity contribution in [3.05, 3.63) is 100 Å². The van der Waals surface area contributed by atoms with Gasteiger partial charge in [0.2, 0.25) is 0 Å². The lowest BCUT2D eigenvalue weighted by Crippen LogP contribution is -2.37. The molecule has 0 spiro atoms. The third-order valence-corrected chi connectivity index (χ3v) is 6.75. The van der Waals surface area contributed by atoms with E-state index in [-0.39, 0.29) is 0 Å². The maximum Gasteiger partial charge on any atom is 0.416 e. The molecule has 2 aromatic heterocycles. The first-order valence-corrected chi connectivity index (χ1v) is 12.9. The second kappa shape index (κ2) is 11.3. The third-order valence-electron chi connectivity index (χ3n) is 6.06. The van der Waals surface area contributed by atoms with Crippen LogP contribution in [0.3, 0.4) is 0 Å². The number of halogens is 3. The van der Waals surface area contributed by atoms with Gasteiger partial charge in [0.25, 0.3) is 0 Å². The quantitative estimate of drug-likeness (QED) is 0.228. The van der Waals surface area contributed by atoms with E-state index in [2.05, 4.69) is 4.98 Å². The summed E-state index contributed by atoms with van der Waals surface area (Å²) < 4.78 is 44.6. The highest BCUT2D eigenvalue weighted by Gasteiger charge is 2.30. The summed E-state index contributed by atoms with van der Waals surface area (Å²) in [6.45, 7) is 3.92. The number of carboxylic acids is 1. The minimum atomic E-state index is -4.38. The van der Waals surface area contributed by atoms with E-state index < -0.39 is 23.3 Å². The number of aromatic nitrogens is 1. The zero-order valence-corrected chi connectivity index (χ0v) is 21.7. The normalized spacial score (nSPS) is 11.8. The molecule has 2 heterocycles. The summed E-state index contributed by atoms with van der Waals surface area (Å²) in [5.74, 6) is 0.110. The molecule has 0 aliphatic heterocycles.